The molecule has 0 amide bonds. The number of aliphatic carboxylic acids is 1. The summed E-state index contributed by atoms with van der Waals surface area (Å²) in [6, 6.07) is 0.800. The third-order valence-corrected chi connectivity index (χ3v) is 3.44. The van der Waals surface area contributed by atoms with Crippen LogP contribution in [0.4, 0.5) is 0 Å². The van der Waals surface area contributed by atoms with Crippen LogP contribution < -0.4 is 15.2 Å². The lowest BCUT2D eigenvalue weighted by Gasteiger charge is -2.17. The van der Waals surface area contributed by atoms with Crippen LogP contribution in [0.5, 0.6) is 11.5 Å². The van der Waals surface area contributed by atoms with Gasteiger partial charge in [-0.15, -0.1) is 0 Å². The third-order valence-electron chi connectivity index (χ3n) is 2.73. The van der Waals surface area contributed by atoms with Gasteiger partial charge in [0.25, 0.3) is 0 Å². The Bertz CT molecular complexity index is 462. The van der Waals surface area contributed by atoms with Crippen molar-refractivity contribution in [3.05, 3.63) is 21.7 Å². The molecular weight excluding hydrogens is 302 g/mol. The van der Waals surface area contributed by atoms with Crippen LogP contribution in [-0.2, 0) is 11.2 Å². The maximum atomic E-state index is 10.8. The minimum absolute atomic E-state index is 0.224. The van der Waals surface area contributed by atoms with E-state index in [-0.39, 0.29) is 6.42 Å². The smallest absolute Gasteiger partial charge is 0.320 e. The topological polar surface area (TPSA) is 81.8 Å². The number of carboxylic acids is 1. The SMILES string of the molecule is COc1cc(Br)c(CC(N)C(=O)O)c(C)c1OC. The molecule has 1 atom stereocenters. The van der Waals surface area contributed by atoms with Crippen LogP contribution in [0.25, 0.3) is 0 Å². The van der Waals surface area contributed by atoms with Gasteiger partial charge in [0.05, 0.1) is 14.2 Å². The molecule has 1 rings (SSSR count). The number of nitrogens with two attached hydrogens (primary N) is 1. The summed E-state index contributed by atoms with van der Waals surface area (Å²) in [4.78, 5) is 10.8. The summed E-state index contributed by atoms with van der Waals surface area (Å²) in [6.45, 7) is 1.84. The highest BCUT2D eigenvalue weighted by atomic mass is 79.9. The van der Waals surface area contributed by atoms with Crippen molar-refractivity contribution in [2.45, 2.75) is 19.4 Å². The van der Waals surface area contributed by atoms with Crippen molar-refractivity contribution in [2.75, 3.05) is 14.2 Å². The molecule has 6 heteroatoms. The molecule has 1 aromatic carbocycles. The summed E-state index contributed by atoms with van der Waals surface area (Å²) >= 11 is 3.40. The van der Waals surface area contributed by atoms with Crippen LogP contribution in [0.1, 0.15) is 11.1 Å². The Labute approximate surface area is 114 Å². The number of ether oxygens (including phenoxy) is 2. The molecule has 0 aliphatic carbocycles. The Kier molecular flexibility index (Phi) is 4.98. The highest BCUT2D eigenvalue weighted by molar-refractivity contribution is 9.10. The van der Waals surface area contributed by atoms with Gasteiger partial charge in [-0.3, -0.25) is 4.79 Å². The van der Waals surface area contributed by atoms with Crippen molar-refractivity contribution in [3.8, 4) is 11.5 Å². The quantitative estimate of drug-likeness (QED) is 0.864. The molecule has 0 saturated carbocycles. The molecule has 1 unspecified atom stereocenters. The standard InChI is InChI=1S/C12H16BrNO4/c1-6-7(4-9(14)12(15)16)8(13)5-10(17-2)11(6)18-3/h5,9H,4,14H2,1-3H3,(H,15,16). The molecule has 0 aliphatic rings. The summed E-state index contributed by atoms with van der Waals surface area (Å²) in [5.41, 5.74) is 7.18. The second-order valence-corrected chi connectivity index (χ2v) is 4.70. The van der Waals surface area contributed by atoms with E-state index in [0.717, 1.165) is 15.6 Å². The minimum atomic E-state index is -1.03. The summed E-state index contributed by atoms with van der Waals surface area (Å²) < 4.78 is 11.2. The molecule has 0 aromatic heterocycles. The average Bonchev–Trinajstić information content (AvgIpc) is 2.33. The van der Waals surface area contributed by atoms with Crippen LogP contribution >= 0.6 is 15.9 Å². The number of hydrogen-bond acceptors (Lipinski definition) is 4. The van der Waals surface area contributed by atoms with E-state index in [9.17, 15) is 4.79 Å². The number of methoxy groups -OCH3 is 2. The Morgan fingerprint density at radius 2 is 2.11 bits per heavy atom. The highest BCUT2D eigenvalue weighted by Gasteiger charge is 2.20. The lowest BCUT2D eigenvalue weighted by Crippen LogP contribution is -2.32. The van der Waals surface area contributed by atoms with E-state index in [1.165, 1.54) is 0 Å². The molecule has 5 nitrogen and oxygen atoms in total. The van der Waals surface area contributed by atoms with Crippen molar-refractivity contribution in [2.24, 2.45) is 5.73 Å². The van der Waals surface area contributed by atoms with Crippen LogP contribution in [0.3, 0.4) is 0 Å². The molecule has 18 heavy (non-hydrogen) atoms. The minimum Gasteiger partial charge on any atom is -0.493 e. The number of halogens is 1. The van der Waals surface area contributed by atoms with Crippen LogP contribution in [0.2, 0.25) is 0 Å². The molecule has 100 valence electrons. The van der Waals surface area contributed by atoms with E-state index in [2.05, 4.69) is 15.9 Å². The van der Waals surface area contributed by atoms with Gasteiger partial charge >= 0.3 is 5.97 Å². The van der Waals surface area contributed by atoms with Crippen molar-refractivity contribution >= 4 is 21.9 Å². The molecule has 0 saturated heterocycles. The predicted molar refractivity (Wildman–Crippen MR) is 71.3 cm³/mol. The maximum absolute atomic E-state index is 10.8. The van der Waals surface area contributed by atoms with Gasteiger partial charge in [-0.25, -0.2) is 0 Å². The summed E-state index contributed by atoms with van der Waals surface area (Å²) in [7, 11) is 3.09. The second-order valence-electron chi connectivity index (χ2n) is 3.85. The largest absolute Gasteiger partial charge is 0.493 e. The molecule has 0 aliphatic heterocycles. The molecule has 0 fully saturated rings. The van der Waals surface area contributed by atoms with E-state index in [0.29, 0.717) is 11.5 Å². The van der Waals surface area contributed by atoms with E-state index in [4.69, 9.17) is 20.3 Å². The highest BCUT2D eigenvalue weighted by Crippen LogP contribution is 2.38. The van der Waals surface area contributed by atoms with Gasteiger partial charge in [0.1, 0.15) is 6.04 Å². The number of rotatable bonds is 5. The number of hydrogen-bond donors (Lipinski definition) is 2. The van der Waals surface area contributed by atoms with Crippen molar-refractivity contribution < 1.29 is 19.4 Å². The first-order valence-electron chi connectivity index (χ1n) is 5.30. The molecule has 0 radical (unpaired) electrons. The first-order chi connectivity index (χ1) is 8.42. The zero-order chi connectivity index (χ0) is 13.9. The molecule has 0 spiro atoms. The van der Waals surface area contributed by atoms with Gasteiger partial charge in [0, 0.05) is 4.47 Å². The molecule has 0 heterocycles. The second kappa shape index (κ2) is 6.06. The molecule has 1 aromatic rings. The maximum Gasteiger partial charge on any atom is 0.320 e. The number of carboxylic acid groups (broad SMARTS) is 1. The number of benzene rings is 1. The van der Waals surface area contributed by atoms with Crippen molar-refractivity contribution in [3.63, 3.8) is 0 Å². The van der Waals surface area contributed by atoms with Gasteiger partial charge in [-0.05, 0) is 30.5 Å². The fourth-order valence-electron chi connectivity index (χ4n) is 1.73. The zero-order valence-corrected chi connectivity index (χ0v) is 12.1. The van der Waals surface area contributed by atoms with Gasteiger partial charge in [0.2, 0.25) is 0 Å². The lowest BCUT2D eigenvalue weighted by molar-refractivity contribution is -0.138. The summed E-state index contributed by atoms with van der Waals surface area (Å²) in [5, 5.41) is 8.86. The third kappa shape index (κ3) is 2.94. The average molecular weight is 318 g/mol. The van der Waals surface area contributed by atoms with Crippen LogP contribution in [0.15, 0.2) is 10.5 Å². The monoisotopic (exact) mass is 317 g/mol. The van der Waals surface area contributed by atoms with Gasteiger partial charge < -0.3 is 20.3 Å². The number of carbonyl (C=O) groups is 1. The molecule has 0 bridgehead atoms. The predicted octanol–water partition coefficient (Wildman–Crippen LogP) is 1.73. The lowest BCUT2D eigenvalue weighted by atomic mass is 10.00. The Morgan fingerprint density at radius 1 is 1.50 bits per heavy atom. The van der Waals surface area contributed by atoms with E-state index >= 15 is 0 Å². The van der Waals surface area contributed by atoms with E-state index in [1.807, 2.05) is 6.92 Å². The van der Waals surface area contributed by atoms with Gasteiger partial charge in [0.15, 0.2) is 11.5 Å². The zero-order valence-electron chi connectivity index (χ0n) is 10.5. The fourth-order valence-corrected chi connectivity index (χ4v) is 2.40. The Morgan fingerprint density at radius 3 is 2.56 bits per heavy atom. The van der Waals surface area contributed by atoms with Crippen LogP contribution in [-0.4, -0.2) is 31.3 Å². The summed E-state index contributed by atoms with van der Waals surface area (Å²) in [6.07, 6.45) is 0.224. The van der Waals surface area contributed by atoms with E-state index in [1.54, 1.807) is 20.3 Å². The Hall–Kier alpha value is -1.27. The van der Waals surface area contributed by atoms with E-state index < -0.39 is 12.0 Å². The van der Waals surface area contributed by atoms with Gasteiger partial charge in [-0.1, -0.05) is 15.9 Å². The first-order valence-corrected chi connectivity index (χ1v) is 6.10. The Balaban J connectivity index is 3.24. The summed E-state index contributed by atoms with van der Waals surface area (Å²) in [5.74, 6) is 0.152. The first kappa shape index (κ1) is 14.8. The normalized spacial score (nSPS) is 12.1. The van der Waals surface area contributed by atoms with Crippen molar-refractivity contribution in [1.29, 1.82) is 0 Å². The fraction of sp³-hybridized carbons (Fsp3) is 0.417. The van der Waals surface area contributed by atoms with Crippen LogP contribution in [0, 0.1) is 6.92 Å². The molecule has 3 N–H and O–H groups in total. The van der Waals surface area contributed by atoms with Gasteiger partial charge in [-0.2, -0.15) is 0 Å². The molecular formula is C12H16BrNO4. The van der Waals surface area contributed by atoms with Crippen molar-refractivity contribution in [1.82, 2.24) is 0 Å².